The van der Waals surface area contributed by atoms with E-state index in [2.05, 4.69) is 16.2 Å². The summed E-state index contributed by atoms with van der Waals surface area (Å²) in [6, 6.07) is 5.49. The van der Waals surface area contributed by atoms with E-state index >= 15 is 0 Å². The second-order valence-corrected chi connectivity index (χ2v) is 4.04. The highest BCUT2D eigenvalue weighted by atomic mass is 35.5. The normalized spacial score (nSPS) is 9.44. The number of carbonyl (C=O) groups is 1. The maximum Gasteiger partial charge on any atom is 0.235 e. The molecule has 0 bridgehead atoms. The summed E-state index contributed by atoms with van der Waals surface area (Å²) in [5, 5.41) is 3.85. The molecular formula is C10H12ClN3OS. The first-order valence-electron chi connectivity index (χ1n) is 4.59. The van der Waals surface area contributed by atoms with E-state index in [4.69, 9.17) is 23.8 Å². The molecule has 0 aromatic heterocycles. The topological polar surface area (TPSA) is 53.2 Å². The molecule has 0 saturated heterocycles. The van der Waals surface area contributed by atoms with Crippen molar-refractivity contribution in [3.05, 3.63) is 28.8 Å². The van der Waals surface area contributed by atoms with Crippen molar-refractivity contribution >= 4 is 40.5 Å². The second-order valence-electron chi connectivity index (χ2n) is 3.22. The highest BCUT2D eigenvalue weighted by Gasteiger charge is 2.00. The van der Waals surface area contributed by atoms with Crippen LogP contribution in [0.5, 0.6) is 0 Å². The quantitative estimate of drug-likeness (QED) is 0.532. The molecule has 4 nitrogen and oxygen atoms in total. The number of amides is 1. The van der Waals surface area contributed by atoms with Gasteiger partial charge in [0.25, 0.3) is 0 Å². The minimum atomic E-state index is -0.217. The molecule has 0 radical (unpaired) electrons. The minimum absolute atomic E-state index is 0.217. The fourth-order valence-electron chi connectivity index (χ4n) is 0.978. The summed E-state index contributed by atoms with van der Waals surface area (Å²) in [7, 11) is 0. The van der Waals surface area contributed by atoms with Crippen molar-refractivity contribution in [1.29, 1.82) is 0 Å². The highest BCUT2D eigenvalue weighted by molar-refractivity contribution is 7.80. The molecule has 6 heteroatoms. The first kappa shape index (κ1) is 12.7. The average Bonchev–Trinajstić information content (AvgIpc) is 2.21. The fraction of sp³-hybridized carbons (Fsp3) is 0.200. The number of aryl methyl sites for hydroxylation is 1. The third-order valence-electron chi connectivity index (χ3n) is 1.78. The van der Waals surface area contributed by atoms with Gasteiger partial charge in [0, 0.05) is 17.6 Å². The van der Waals surface area contributed by atoms with Crippen LogP contribution in [0, 0.1) is 6.92 Å². The van der Waals surface area contributed by atoms with Crippen molar-refractivity contribution in [1.82, 2.24) is 10.9 Å². The molecule has 1 amide bonds. The highest BCUT2D eigenvalue weighted by Crippen LogP contribution is 2.19. The number of thiocarbonyl (C=S) groups is 1. The maximum absolute atomic E-state index is 10.6. The molecule has 0 fully saturated rings. The number of anilines is 1. The number of benzene rings is 1. The van der Waals surface area contributed by atoms with Crippen LogP contribution >= 0.6 is 23.8 Å². The van der Waals surface area contributed by atoms with E-state index in [1.165, 1.54) is 6.92 Å². The number of hydrogen-bond acceptors (Lipinski definition) is 2. The van der Waals surface area contributed by atoms with E-state index in [0.717, 1.165) is 11.3 Å². The Bertz CT molecular complexity index is 423. The Kier molecular flexibility index (Phi) is 4.52. The molecule has 1 aromatic carbocycles. The van der Waals surface area contributed by atoms with Crippen LogP contribution in [0.15, 0.2) is 18.2 Å². The summed E-state index contributed by atoms with van der Waals surface area (Å²) in [6.45, 7) is 3.30. The zero-order valence-electron chi connectivity index (χ0n) is 8.93. The molecule has 0 heterocycles. The summed E-state index contributed by atoms with van der Waals surface area (Å²) in [4.78, 5) is 10.6. The Balaban J connectivity index is 2.56. The van der Waals surface area contributed by atoms with Gasteiger partial charge in [-0.15, -0.1) is 0 Å². The lowest BCUT2D eigenvalue weighted by atomic mass is 10.2. The van der Waals surface area contributed by atoms with Gasteiger partial charge in [-0.25, -0.2) is 0 Å². The zero-order valence-corrected chi connectivity index (χ0v) is 10.5. The number of nitrogens with one attached hydrogen (secondary N) is 3. The van der Waals surface area contributed by atoms with E-state index in [0.29, 0.717) is 10.1 Å². The first-order chi connectivity index (χ1) is 7.49. The lowest BCUT2D eigenvalue weighted by Gasteiger charge is -2.11. The molecule has 0 saturated carbocycles. The standard InChI is InChI=1S/C10H12ClN3OS/c1-6-3-4-8(5-9(6)11)12-10(16)14-13-7(2)15/h3-5H,1-2H3,(H,13,15)(H2,12,14,16). The molecule has 0 aliphatic rings. The SMILES string of the molecule is CC(=O)NNC(=S)Nc1ccc(C)c(Cl)c1. The lowest BCUT2D eigenvalue weighted by molar-refractivity contribution is -0.119. The molecular weight excluding hydrogens is 246 g/mol. The number of hydrogen-bond donors (Lipinski definition) is 3. The van der Waals surface area contributed by atoms with Gasteiger partial charge in [-0.3, -0.25) is 15.6 Å². The van der Waals surface area contributed by atoms with Crippen LogP contribution in [0.25, 0.3) is 0 Å². The van der Waals surface area contributed by atoms with Gasteiger partial charge in [-0.1, -0.05) is 17.7 Å². The minimum Gasteiger partial charge on any atom is -0.331 e. The van der Waals surface area contributed by atoms with Crippen LogP contribution < -0.4 is 16.2 Å². The molecule has 0 unspecified atom stereocenters. The zero-order chi connectivity index (χ0) is 12.1. The number of carbonyl (C=O) groups excluding carboxylic acids is 1. The van der Waals surface area contributed by atoms with Crippen molar-refractivity contribution in [3.8, 4) is 0 Å². The fourth-order valence-corrected chi connectivity index (χ4v) is 1.33. The van der Waals surface area contributed by atoms with Crippen LogP contribution in [0.2, 0.25) is 5.02 Å². The summed E-state index contributed by atoms with van der Waals surface area (Å²) in [6.07, 6.45) is 0. The molecule has 0 aliphatic heterocycles. The number of rotatable bonds is 1. The van der Waals surface area contributed by atoms with E-state index in [9.17, 15) is 4.79 Å². The van der Waals surface area contributed by atoms with Crippen molar-refractivity contribution in [2.75, 3.05) is 5.32 Å². The smallest absolute Gasteiger partial charge is 0.235 e. The Morgan fingerprint density at radius 2 is 2.06 bits per heavy atom. The van der Waals surface area contributed by atoms with E-state index in [-0.39, 0.29) is 5.91 Å². The van der Waals surface area contributed by atoms with Crippen molar-refractivity contribution in [2.45, 2.75) is 13.8 Å². The summed E-state index contributed by atoms with van der Waals surface area (Å²) in [5.41, 5.74) is 6.66. The Morgan fingerprint density at radius 3 is 2.62 bits per heavy atom. The van der Waals surface area contributed by atoms with Crippen LogP contribution in [0.4, 0.5) is 5.69 Å². The second kappa shape index (κ2) is 5.67. The van der Waals surface area contributed by atoms with Gasteiger partial charge in [0.05, 0.1) is 0 Å². The van der Waals surface area contributed by atoms with E-state index in [1.807, 2.05) is 19.1 Å². The van der Waals surface area contributed by atoms with Gasteiger partial charge in [0.2, 0.25) is 5.91 Å². The molecule has 0 aliphatic carbocycles. The molecule has 16 heavy (non-hydrogen) atoms. The predicted octanol–water partition coefficient (Wildman–Crippen LogP) is 1.99. The van der Waals surface area contributed by atoms with E-state index < -0.39 is 0 Å². The summed E-state index contributed by atoms with van der Waals surface area (Å²) in [5.74, 6) is -0.217. The lowest BCUT2D eigenvalue weighted by Crippen LogP contribution is -2.42. The summed E-state index contributed by atoms with van der Waals surface area (Å²) >= 11 is 10.9. The van der Waals surface area contributed by atoms with Gasteiger partial charge in [0.15, 0.2) is 5.11 Å². The van der Waals surface area contributed by atoms with Gasteiger partial charge in [-0.2, -0.15) is 0 Å². The van der Waals surface area contributed by atoms with Crippen molar-refractivity contribution in [2.24, 2.45) is 0 Å². The molecule has 0 atom stereocenters. The number of hydrazine groups is 1. The Labute approximate surface area is 104 Å². The van der Waals surface area contributed by atoms with Crippen LogP contribution in [-0.4, -0.2) is 11.0 Å². The molecule has 86 valence electrons. The van der Waals surface area contributed by atoms with Gasteiger partial charge < -0.3 is 5.32 Å². The van der Waals surface area contributed by atoms with Crippen LogP contribution in [0.3, 0.4) is 0 Å². The van der Waals surface area contributed by atoms with Gasteiger partial charge >= 0.3 is 0 Å². The molecule has 3 N–H and O–H groups in total. The third kappa shape index (κ3) is 4.04. The third-order valence-corrected chi connectivity index (χ3v) is 2.39. The van der Waals surface area contributed by atoms with E-state index in [1.54, 1.807) is 6.07 Å². The van der Waals surface area contributed by atoms with Crippen LogP contribution in [0.1, 0.15) is 12.5 Å². The van der Waals surface area contributed by atoms with Crippen LogP contribution in [-0.2, 0) is 4.79 Å². The molecule has 0 spiro atoms. The monoisotopic (exact) mass is 257 g/mol. The number of halogens is 1. The van der Waals surface area contributed by atoms with Gasteiger partial charge in [0.1, 0.15) is 0 Å². The average molecular weight is 258 g/mol. The Hall–Kier alpha value is -1.33. The Morgan fingerprint density at radius 1 is 1.38 bits per heavy atom. The molecule has 1 aromatic rings. The van der Waals surface area contributed by atoms with Crippen molar-refractivity contribution in [3.63, 3.8) is 0 Å². The predicted molar refractivity (Wildman–Crippen MR) is 69.4 cm³/mol. The van der Waals surface area contributed by atoms with Gasteiger partial charge in [-0.05, 0) is 36.8 Å². The van der Waals surface area contributed by atoms with Crippen molar-refractivity contribution < 1.29 is 4.79 Å². The first-order valence-corrected chi connectivity index (χ1v) is 5.37. The largest absolute Gasteiger partial charge is 0.331 e. The molecule has 1 rings (SSSR count). The summed E-state index contributed by atoms with van der Waals surface area (Å²) < 4.78 is 0. The maximum atomic E-state index is 10.6.